The normalized spacial score (nSPS) is 10.9. The van der Waals surface area contributed by atoms with Crippen LogP contribution in [0.3, 0.4) is 0 Å². The van der Waals surface area contributed by atoms with Gasteiger partial charge in [-0.05, 0) is 25.0 Å². The second kappa shape index (κ2) is 17.8. The Morgan fingerprint density at radius 2 is 1.11 bits per heavy atom. The van der Waals surface area contributed by atoms with Crippen molar-refractivity contribution in [2.24, 2.45) is 0 Å². The summed E-state index contributed by atoms with van der Waals surface area (Å²) >= 11 is 0. The topological polar surface area (TPSA) is 20.3 Å². The molecule has 0 unspecified atom stereocenters. The van der Waals surface area contributed by atoms with E-state index in [0.717, 1.165) is 25.1 Å². The number of hydrogen-bond donors (Lipinski definition) is 0. The van der Waals surface area contributed by atoms with Gasteiger partial charge in [0.15, 0.2) is 0 Å². The second-order valence-corrected chi connectivity index (χ2v) is 8.23. The van der Waals surface area contributed by atoms with Gasteiger partial charge in [-0.2, -0.15) is 0 Å². The lowest BCUT2D eigenvalue weighted by Gasteiger charge is -2.23. The standard InChI is InChI=1S/C26H45NO/c1-3-5-7-9-11-12-13-14-19-23-26(28)27(25-21-17-16-18-22-25)24-20-15-10-8-6-4-2/h16-18,21-22H,3-15,19-20,23-24H2,1-2H3. The van der Waals surface area contributed by atoms with Crippen LogP contribution in [0.5, 0.6) is 0 Å². The molecular weight excluding hydrogens is 342 g/mol. The fourth-order valence-corrected chi connectivity index (χ4v) is 3.78. The molecule has 28 heavy (non-hydrogen) atoms. The Labute approximate surface area is 175 Å². The predicted octanol–water partition coefficient (Wildman–Crippen LogP) is 8.30. The summed E-state index contributed by atoms with van der Waals surface area (Å²) in [7, 11) is 0. The molecule has 0 aliphatic rings. The molecule has 0 saturated heterocycles. The number of rotatable bonds is 18. The van der Waals surface area contributed by atoms with Gasteiger partial charge in [-0.3, -0.25) is 4.79 Å². The summed E-state index contributed by atoms with van der Waals surface area (Å²) in [6, 6.07) is 10.2. The van der Waals surface area contributed by atoms with E-state index in [9.17, 15) is 4.79 Å². The quantitative estimate of drug-likeness (QED) is 0.232. The van der Waals surface area contributed by atoms with Crippen LogP contribution >= 0.6 is 0 Å². The number of benzene rings is 1. The molecule has 0 saturated carbocycles. The van der Waals surface area contributed by atoms with Crippen LogP contribution in [-0.4, -0.2) is 12.5 Å². The van der Waals surface area contributed by atoms with Crippen molar-refractivity contribution in [2.45, 2.75) is 117 Å². The minimum absolute atomic E-state index is 0.308. The van der Waals surface area contributed by atoms with Gasteiger partial charge in [0.05, 0.1) is 0 Å². The monoisotopic (exact) mass is 387 g/mol. The summed E-state index contributed by atoms with van der Waals surface area (Å²) in [5.41, 5.74) is 1.07. The SMILES string of the molecule is CCCCCCCCCCCC(=O)N(CCCCCCCC)c1ccccc1. The van der Waals surface area contributed by atoms with Crippen LogP contribution in [0, 0.1) is 0 Å². The molecule has 0 radical (unpaired) electrons. The molecule has 0 aromatic heterocycles. The van der Waals surface area contributed by atoms with E-state index in [4.69, 9.17) is 0 Å². The molecule has 0 fully saturated rings. The van der Waals surface area contributed by atoms with E-state index in [1.807, 2.05) is 23.1 Å². The van der Waals surface area contributed by atoms with Gasteiger partial charge in [-0.1, -0.05) is 116 Å². The van der Waals surface area contributed by atoms with Crippen LogP contribution in [0.2, 0.25) is 0 Å². The third-order valence-electron chi connectivity index (χ3n) is 5.60. The Bertz CT molecular complexity index is 471. The zero-order valence-electron chi connectivity index (χ0n) is 18.8. The lowest BCUT2D eigenvalue weighted by Crippen LogP contribution is -2.31. The molecule has 160 valence electrons. The van der Waals surface area contributed by atoms with E-state index in [1.165, 1.54) is 83.5 Å². The predicted molar refractivity (Wildman–Crippen MR) is 124 cm³/mol. The third-order valence-corrected chi connectivity index (χ3v) is 5.60. The first-order chi connectivity index (χ1) is 13.8. The molecule has 1 rings (SSSR count). The van der Waals surface area contributed by atoms with Crippen LogP contribution in [-0.2, 0) is 4.79 Å². The Hall–Kier alpha value is -1.31. The molecule has 1 amide bonds. The van der Waals surface area contributed by atoms with Crippen molar-refractivity contribution >= 4 is 11.6 Å². The lowest BCUT2D eigenvalue weighted by atomic mass is 10.1. The Morgan fingerprint density at radius 3 is 1.64 bits per heavy atom. The highest BCUT2D eigenvalue weighted by Gasteiger charge is 2.14. The maximum atomic E-state index is 12.8. The number of anilines is 1. The Morgan fingerprint density at radius 1 is 0.643 bits per heavy atom. The smallest absolute Gasteiger partial charge is 0.226 e. The summed E-state index contributed by atoms with van der Waals surface area (Å²) < 4.78 is 0. The Balaban J connectivity index is 2.27. The van der Waals surface area contributed by atoms with Crippen LogP contribution < -0.4 is 4.90 Å². The summed E-state index contributed by atoms with van der Waals surface area (Å²) in [5, 5.41) is 0. The van der Waals surface area contributed by atoms with E-state index in [-0.39, 0.29) is 0 Å². The zero-order chi connectivity index (χ0) is 20.3. The average Bonchev–Trinajstić information content (AvgIpc) is 2.72. The van der Waals surface area contributed by atoms with Gasteiger partial charge in [0, 0.05) is 18.7 Å². The molecule has 1 aromatic rings. The zero-order valence-corrected chi connectivity index (χ0v) is 18.8. The first-order valence-electron chi connectivity index (χ1n) is 12.1. The molecule has 0 atom stereocenters. The minimum atomic E-state index is 0.308. The fourth-order valence-electron chi connectivity index (χ4n) is 3.78. The maximum absolute atomic E-state index is 12.8. The van der Waals surface area contributed by atoms with Crippen molar-refractivity contribution in [1.29, 1.82) is 0 Å². The summed E-state index contributed by atoms with van der Waals surface area (Å²) in [5.74, 6) is 0.308. The summed E-state index contributed by atoms with van der Waals surface area (Å²) in [6.45, 7) is 5.39. The van der Waals surface area contributed by atoms with Gasteiger partial charge in [0.2, 0.25) is 5.91 Å². The van der Waals surface area contributed by atoms with E-state index < -0.39 is 0 Å². The number of carbonyl (C=O) groups excluding carboxylic acids is 1. The van der Waals surface area contributed by atoms with Crippen molar-refractivity contribution in [1.82, 2.24) is 0 Å². The van der Waals surface area contributed by atoms with Gasteiger partial charge >= 0.3 is 0 Å². The molecule has 0 bridgehead atoms. The van der Waals surface area contributed by atoms with Crippen LogP contribution in [0.25, 0.3) is 0 Å². The maximum Gasteiger partial charge on any atom is 0.226 e. The molecular formula is C26H45NO. The van der Waals surface area contributed by atoms with E-state index in [2.05, 4.69) is 26.0 Å². The van der Waals surface area contributed by atoms with Crippen molar-refractivity contribution < 1.29 is 4.79 Å². The first kappa shape index (κ1) is 24.7. The van der Waals surface area contributed by atoms with Crippen molar-refractivity contribution in [3.05, 3.63) is 30.3 Å². The number of para-hydroxylation sites is 1. The van der Waals surface area contributed by atoms with Crippen molar-refractivity contribution in [2.75, 3.05) is 11.4 Å². The summed E-state index contributed by atoms with van der Waals surface area (Å²) in [6.07, 6.45) is 19.9. The highest BCUT2D eigenvalue weighted by atomic mass is 16.2. The highest BCUT2D eigenvalue weighted by Crippen LogP contribution is 2.18. The molecule has 2 nitrogen and oxygen atoms in total. The second-order valence-electron chi connectivity index (χ2n) is 8.23. The van der Waals surface area contributed by atoms with Gasteiger partial charge in [-0.15, -0.1) is 0 Å². The number of carbonyl (C=O) groups is 1. The van der Waals surface area contributed by atoms with E-state index in [0.29, 0.717) is 12.3 Å². The largest absolute Gasteiger partial charge is 0.312 e. The van der Waals surface area contributed by atoms with Gasteiger partial charge < -0.3 is 4.90 Å². The van der Waals surface area contributed by atoms with Crippen LogP contribution in [0.4, 0.5) is 5.69 Å². The molecule has 0 heterocycles. The summed E-state index contributed by atoms with van der Waals surface area (Å²) in [4.78, 5) is 14.9. The number of unbranched alkanes of at least 4 members (excludes halogenated alkanes) is 13. The van der Waals surface area contributed by atoms with E-state index >= 15 is 0 Å². The lowest BCUT2D eigenvalue weighted by molar-refractivity contribution is -0.118. The number of hydrogen-bond acceptors (Lipinski definition) is 1. The average molecular weight is 388 g/mol. The van der Waals surface area contributed by atoms with Crippen molar-refractivity contribution in [3.63, 3.8) is 0 Å². The minimum Gasteiger partial charge on any atom is -0.312 e. The number of nitrogens with zero attached hydrogens (tertiary/aromatic N) is 1. The molecule has 2 heteroatoms. The Kier molecular flexibility index (Phi) is 15.7. The molecule has 0 N–H and O–H groups in total. The van der Waals surface area contributed by atoms with Gasteiger partial charge in [0.25, 0.3) is 0 Å². The van der Waals surface area contributed by atoms with Crippen LogP contribution in [0.15, 0.2) is 30.3 Å². The molecule has 1 aromatic carbocycles. The molecule has 0 aliphatic carbocycles. The van der Waals surface area contributed by atoms with Gasteiger partial charge in [0.1, 0.15) is 0 Å². The third kappa shape index (κ3) is 12.2. The molecule has 0 spiro atoms. The fraction of sp³-hybridized carbons (Fsp3) is 0.731. The van der Waals surface area contributed by atoms with Crippen molar-refractivity contribution in [3.8, 4) is 0 Å². The van der Waals surface area contributed by atoms with Gasteiger partial charge in [-0.25, -0.2) is 0 Å². The van der Waals surface area contributed by atoms with E-state index in [1.54, 1.807) is 0 Å². The van der Waals surface area contributed by atoms with Crippen LogP contribution in [0.1, 0.15) is 117 Å². The number of amides is 1. The first-order valence-corrected chi connectivity index (χ1v) is 12.1. The molecule has 0 aliphatic heterocycles. The highest BCUT2D eigenvalue weighted by molar-refractivity contribution is 5.93.